The van der Waals surface area contributed by atoms with Gasteiger partial charge in [-0.3, -0.25) is 0 Å². The zero-order chi connectivity index (χ0) is 13.5. The number of hydrogen-bond donors (Lipinski definition) is 1. The zero-order valence-corrected chi connectivity index (χ0v) is 11.7. The average molecular weight is 246 g/mol. The zero-order valence-electron chi connectivity index (χ0n) is 11.7. The highest BCUT2D eigenvalue weighted by atomic mass is 16.3. The molecular weight excluding hydrogens is 220 g/mol. The summed E-state index contributed by atoms with van der Waals surface area (Å²) in [5, 5.41) is 9.59. The van der Waals surface area contributed by atoms with Gasteiger partial charge in [-0.1, -0.05) is 44.1 Å². The Morgan fingerprint density at radius 1 is 1.11 bits per heavy atom. The Hall–Kier alpha value is -1.18. The SMILES string of the molecule is C=CCCCCCCC[C@H](O)C#CC#CCCC. The Kier molecular flexibility index (Phi) is 13.0. The van der Waals surface area contributed by atoms with Crippen molar-refractivity contribution in [2.24, 2.45) is 0 Å². The van der Waals surface area contributed by atoms with Gasteiger partial charge in [0.1, 0.15) is 6.10 Å². The van der Waals surface area contributed by atoms with Crippen molar-refractivity contribution in [3.8, 4) is 23.7 Å². The molecule has 0 spiro atoms. The summed E-state index contributed by atoms with van der Waals surface area (Å²) in [6.45, 7) is 5.79. The van der Waals surface area contributed by atoms with Crippen molar-refractivity contribution in [1.82, 2.24) is 0 Å². The van der Waals surface area contributed by atoms with Gasteiger partial charge in [-0.25, -0.2) is 0 Å². The lowest BCUT2D eigenvalue weighted by molar-refractivity contribution is 0.217. The van der Waals surface area contributed by atoms with Gasteiger partial charge in [-0.05, 0) is 43.9 Å². The first kappa shape index (κ1) is 16.8. The third-order valence-electron chi connectivity index (χ3n) is 2.65. The highest BCUT2D eigenvalue weighted by molar-refractivity contribution is 5.27. The van der Waals surface area contributed by atoms with Gasteiger partial charge < -0.3 is 5.11 Å². The van der Waals surface area contributed by atoms with Crippen LogP contribution in [0.4, 0.5) is 0 Å². The molecule has 1 heteroatoms. The van der Waals surface area contributed by atoms with E-state index < -0.39 is 6.10 Å². The summed E-state index contributed by atoms with van der Waals surface area (Å²) in [6.07, 6.45) is 11.3. The van der Waals surface area contributed by atoms with Crippen LogP contribution in [0.15, 0.2) is 12.7 Å². The van der Waals surface area contributed by atoms with E-state index in [0.29, 0.717) is 0 Å². The lowest BCUT2D eigenvalue weighted by Gasteiger charge is -2.02. The highest BCUT2D eigenvalue weighted by Crippen LogP contribution is 2.08. The minimum absolute atomic E-state index is 0.505. The second kappa shape index (κ2) is 13.9. The van der Waals surface area contributed by atoms with Gasteiger partial charge in [0, 0.05) is 6.42 Å². The summed E-state index contributed by atoms with van der Waals surface area (Å²) in [5.41, 5.74) is 0. The molecule has 0 fully saturated rings. The van der Waals surface area contributed by atoms with Crippen molar-refractivity contribution < 1.29 is 5.11 Å². The van der Waals surface area contributed by atoms with E-state index in [4.69, 9.17) is 0 Å². The Balaban J connectivity index is 3.45. The molecule has 0 saturated heterocycles. The minimum atomic E-state index is -0.505. The second-order valence-electron chi connectivity index (χ2n) is 4.47. The van der Waals surface area contributed by atoms with E-state index in [-0.39, 0.29) is 0 Å². The van der Waals surface area contributed by atoms with Crippen LogP contribution in [0.1, 0.15) is 64.7 Å². The second-order valence-corrected chi connectivity index (χ2v) is 4.47. The van der Waals surface area contributed by atoms with E-state index in [2.05, 4.69) is 37.2 Å². The third kappa shape index (κ3) is 12.9. The molecule has 1 atom stereocenters. The molecule has 0 radical (unpaired) electrons. The highest BCUT2D eigenvalue weighted by Gasteiger charge is 1.98. The van der Waals surface area contributed by atoms with Gasteiger partial charge in [-0.15, -0.1) is 6.58 Å². The fraction of sp³-hybridized carbons (Fsp3) is 0.647. The number of unbranched alkanes of at least 4 members (excludes halogenated alkanes) is 6. The fourth-order valence-corrected chi connectivity index (χ4v) is 1.58. The summed E-state index contributed by atoms with van der Waals surface area (Å²) in [4.78, 5) is 0. The Morgan fingerprint density at radius 3 is 2.56 bits per heavy atom. The lowest BCUT2D eigenvalue weighted by atomic mass is 10.1. The largest absolute Gasteiger partial charge is 0.380 e. The number of hydrogen-bond acceptors (Lipinski definition) is 1. The monoisotopic (exact) mass is 246 g/mol. The van der Waals surface area contributed by atoms with Gasteiger partial charge in [0.25, 0.3) is 0 Å². The van der Waals surface area contributed by atoms with Crippen LogP contribution in [0.5, 0.6) is 0 Å². The van der Waals surface area contributed by atoms with Crippen LogP contribution in [-0.2, 0) is 0 Å². The van der Waals surface area contributed by atoms with E-state index in [9.17, 15) is 5.11 Å². The molecule has 0 aliphatic rings. The van der Waals surface area contributed by atoms with Crippen molar-refractivity contribution in [2.75, 3.05) is 0 Å². The third-order valence-corrected chi connectivity index (χ3v) is 2.65. The number of rotatable bonds is 9. The van der Waals surface area contributed by atoms with Crippen molar-refractivity contribution in [3.63, 3.8) is 0 Å². The first-order valence-electron chi connectivity index (χ1n) is 7.08. The molecule has 0 aromatic rings. The molecule has 0 unspecified atom stereocenters. The average Bonchev–Trinajstić information content (AvgIpc) is 2.37. The number of aliphatic hydroxyl groups is 1. The molecular formula is C17H26O. The first-order valence-corrected chi connectivity index (χ1v) is 7.08. The Morgan fingerprint density at radius 2 is 1.83 bits per heavy atom. The molecule has 100 valence electrons. The molecule has 0 aliphatic carbocycles. The van der Waals surface area contributed by atoms with Crippen molar-refractivity contribution >= 4 is 0 Å². The summed E-state index contributed by atoms with van der Waals surface area (Å²) < 4.78 is 0. The van der Waals surface area contributed by atoms with Crippen LogP contribution in [0.3, 0.4) is 0 Å². The van der Waals surface area contributed by atoms with Gasteiger partial charge in [0.15, 0.2) is 0 Å². The van der Waals surface area contributed by atoms with E-state index in [0.717, 1.165) is 32.1 Å². The number of allylic oxidation sites excluding steroid dienone is 1. The maximum absolute atomic E-state index is 9.59. The van der Waals surface area contributed by atoms with Crippen LogP contribution < -0.4 is 0 Å². The van der Waals surface area contributed by atoms with Gasteiger partial charge in [0.2, 0.25) is 0 Å². The van der Waals surface area contributed by atoms with Crippen LogP contribution in [0, 0.1) is 23.7 Å². The summed E-state index contributed by atoms with van der Waals surface area (Å²) in [6, 6.07) is 0. The predicted octanol–water partition coefficient (Wildman–Crippen LogP) is 4.07. The molecule has 0 aromatic heterocycles. The Labute approximate surface area is 113 Å². The van der Waals surface area contributed by atoms with E-state index in [1.54, 1.807) is 0 Å². The van der Waals surface area contributed by atoms with Crippen LogP contribution >= 0.6 is 0 Å². The molecule has 0 bridgehead atoms. The van der Waals surface area contributed by atoms with Crippen molar-refractivity contribution in [2.45, 2.75) is 70.8 Å². The standard InChI is InChI=1S/C17H26O/c1-3-5-7-9-10-12-14-16-17(18)15-13-11-8-6-4-2/h3,17-18H,1,4-7,9-10,12,14,16H2,2H3/t17-/m1/s1. The van der Waals surface area contributed by atoms with Gasteiger partial charge >= 0.3 is 0 Å². The molecule has 1 nitrogen and oxygen atoms in total. The predicted molar refractivity (Wildman–Crippen MR) is 79.0 cm³/mol. The molecule has 1 N–H and O–H groups in total. The molecule has 0 aromatic carbocycles. The van der Waals surface area contributed by atoms with Gasteiger partial charge in [-0.2, -0.15) is 0 Å². The molecule has 0 aliphatic heterocycles. The molecule has 0 amide bonds. The maximum atomic E-state index is 9.59. The maximum Gasteiger partial charge on any atom is 0.115 e. The quantitative estimate of drug-likeness (QED) is 0.369. The molecule has 0 heterocycles. The van der Waals surface area contributed by atoms with Crippen molar-refractivity contribution in [3.05, 3.63) is 12.7 Å². The van der Waals surface area contributed by atoms with E-state index in [1.165, 1.54) is 25.7 Å². The number of aliphatic hydroxyl groups excluding tert-OH is 1. The normalized spacial score (nSPS) is 10.8. The smallest absolute Gasteiger partial charge is 0.115 e. The molecule has 18 heavy (non-hydrogen) atoms. The summed E-state index contributed by atoms with van der Waals surface area (Å²) in [5.74, 6) is 11.2. The van der Waals surface area contributed by atoms with E-state index >= 15 is 0 Å². The minimum Gasteiger partial charge on any atom is -0.380 e. The van der Waals surface area contributed by atoms with Crippen LogP contribution in [-0.4, -0.2) is 11.2 Å². The topological polar surface area (TPSA) is 20.2 Å². The van der Waals surface area contributed by atoms with Crippen LogP contribution in [0.25, 0.3) is 0 Å². The van der Waals surface area contributed by atoms with Gasteiger partial charge in [0.05, 0.1) is 0 Å². The lowest BCUT2D eigenvalue weighted by Crippen LogP contribution is -2.01. The summed E-state index contributed by atoms with van der Waals surface area (Å²) in [7, 11) is 0. The molecule has 0 rings (SSSR count). The van der Waals surface area contributed by atoms with Crippen LogP contribution in [0.2, 0.25) is 0 Å². The molecule has 0 saturated carbocycles. The van der Waals surface area contributed by atoms with Crippen molar-refractivity contribution in [1.29, 1.82) is 0 Å². The fourth-order valence-electron chi connectivity index (χ4n) is 1.58. The Bertz CT molecular complexity index is 308. The van der Waals surface area contributed by atoms with E-state index in [1.807, 2.05) is 6.08 Å². The first-order chi connectivity index (χ1) is 8.81. The summed E-state index contributed by atoms with van der Waals surface area (Å²) >= 11 is 0.